The Morgan fingerprint density at radius 2 is 2.57 bits per heavy atom. The van der Waals surface area contributed by atoms with Crippen molar-refractivity contribution in [1.82, 2.24) is 5.43 Å². The van der Waals surface area contributed by atoms with Crippen LogP contribution in [0.5, 0.6) is 0 Å². The smallest absolute Gasteiger partial charge is 0.145 e. The van der Waals surface area contributed by atoms with Crippen LogP contribution in [0.4, 0.5) is 0 Å². The monoisotopic (exact) mass is 122 g/mol. The summed E-state index contributed by atoms with van der Waals surface area (Å²) in [5, 5.41) is 18.8. The van der Waals surface area contributed by atoms with Gasteiger partial charge in [-0.2, -0.15) is 5.21 Å². The first-order valence-electron chi connectivity index (χ1n) is 2.04. The van der Waals surface area contributed by atoms with E-state index >= 15 is 0 Å². The third-order valence-electron chi connectivity index (χ3n) is 0.777. The van der Waals surface area contributed by atoms with Crippen LogP contribution in [-0.4, -0.2) is 22.6 Å². The summed E-state index contributed by atoms with van der Waals surface area (Å²) in [7, 11) is 0.0617. The van der Waals surface area contributed by atoms with E-state index in [4.69, 9.17) is 5.21 Å². The molecule has 1 saturated heterocycles. The molecule has 1 fully saturated rings. The van der Waals surface area contributed by atoms with Gasteiger partial charge in [0.25, 0.3) is 0 Å². The summed E-state index contributed by atoms with van der Waals surface area (Å²) < 4.78 is -1.22. The van der Waals surface area contributed by atoms with E-state index in [-0.39, 0.29) is 8.73 Å². The van der Waals surface area contributed by atoms with Crippen LogP contribution in [0.15, 0.2) is 0 Å². The van der Waals surface area contributed by atoms with E-state index in [0.717, 1.165) is 6.16 Å². The highest BCUT2D eigenvalue weighted by Gasteiger charge is 2.19. The first kappa shape index (κ1) is 5.41. The predicted octanol–water partition coefficient (Wildman–Crippen LogP) is -0.198. The minimum Gasteiger partial charge on any atom is -0.577 e. The lowest BCUT2D eigenvalue weighted by atomic mass is 10.8. The third kappa shape index (κ3) is 1.33. The maximum Gasteiger partial charge on any atom is 0.145 e. The number of rotatable bonds is 0. The first-order chi connectivity index (χ1) is 3.21. The second-order valence-electron chi connectivity index (χ2n) is 1.39. The Hall–Kier alpha value is 0.270. The van der Waals surface area contributed by atoms with Gasteiger partial charge in [-0.15, -0.1) is 10.1 Å². The number of nitrogens with one attached hydrogen (secondary N) is 1. The van der Waals surface area contributed by atoms with E-state index < -0.39 is 4.69 Å². The topological polar surface area (TPSA) is 55.3 Å². The van der Waals surface area contributed by atoms with E-state index in [1.165, 1.54) is 0 Å². The van der Waals surface area contributed by atoms with Crippen molar-refractivity contribution in [2.75, 3.05) is 12.7 Å². The molecule has 1 rings (SSSR count). The highest BCUT2D eigenvalue weighted by Crippen LogP contribution is 2.25. The van der Waals surface area contributed by atoms with Crippen LogP contribution in [0.2, 0.25) is 0 Å². The Bertz CT molecular complexity index is 68.1. The molecule has 1 aliphatic heterocycles. The molecular weight excluding hydrogens is 115 g/mol. The van der Waals surface area contributed by atoms with Crippen LogP contribution in [-0.2, 0) is 0 Å². The van der Waals surface area contributed by atoms with Crippen LogP contribution in [0.25, 0.3) is 0 Å². The van der Waals surface area contributed by atoms with Crippen molar-refractivity contribution >= 4 is 8.73 Å². The summed E-state index contributed by atoms with van der Waals surface area (Å²) in [4.78, 5) is 0. The van der Waals surface area contributed by atoms with Crippen LogP contribution in [0.1, 0.15) is 0 Å². The van der Waals surface area contributed by atoms with Gasteiger partial charge in [-0.05, 0) is 0 Å². The average Bonchev–Trinajstić information content (AvgIpc) is 1.84. The Kier molecular flexibility index (Phi) is 1.28. The molecule has 0 bridgehead atoms. The molecule has 5 heteroatoms. The molecule has 0 aromatic carbocycles. The van der Waals surface area contributed by atoms with Gasteiger partial charge in [0, 0.05) is 6.16 Å². The zero-order chi connectivity index (χ0) is 5.33. The Morgan fingerprint density at radius 1 is 1.86 bits per heavy atom. The standard InChI is InChI=1S/C2H7N2O2P/c5-4(6)3-1-2-7-4/h3,5,7H,1-2H2. The van der Waals surface area contributed by atoms with E-state index in [9.17, 15) is 5.21 Å². The van der Waals surface area contributed by atoms with Crippen molar-refractivity contribution in [1.29, 1.82) is 0 Å². The van der Waals surface area contributed by atoms with Gasteiger partial charge in [-0.1, -0.05) is 0 Å². The zero-order valence-corrected chi connectivity index (χ0v) is 4.72. The molecule has 1 heterocycles. The van der Waals surface area contributed by atoms with E-state index in [0.29, 0.717) is 6.54 Å². The molecule has 0 amide bonds. The molecule has 2 N–H and O–H groups in total. The average molecular weight is 122 g/mol. The lowest BCUT2D eigenvalue weighted by Crippen LogP contribution is -2.37. The molecule has 42 valence electrons. The van der Waals surface area contributed by atoms with Gasteiger partial charge in [-0.3, -0.25) is 0 Å². The first-order valence-corrected chi connectivity index (χ1v) is 3.19. The van der Waals surface area contributed by atoms with Gasteiger partial charge in [0.15, 0.2) is 0 Å². The van der Waals surface area contributed by atoms with Crippen LogP contribution >= 0.6 is 8.73 Å². The number of hydrogen-bond acceptors (Lipinski definition) is 3. The van der Waals surface area contributed by atoms with Crippen molar-refractivity contribution in [3.05, 3.63) is 5.21 Å². The molecule has 2 atom stereocenters. The Morgan fingerprint density at radius 3 is 2.71 bits per heavy atom. The van der Waals surface area contributed by atoms with Gasteiger partial charge < -0.3 is 5.21 Å². The van der Waals surface area contributed by atoms with E-state index in [1.807, 2.05) is 0 Å². The molecule has 2 unspecified atom stereocenters. The summed E-state index contributed by atoms with van der Waals surface area (Å²) >= 11 is 0. The van der Waals surface area contributed by atoms with E-state index in [1.54, 1.807) is 0 Å². The van der Waals surface area contributed by atoms with Crippen molar-refractivity contribution in [3.8, 4) is 0 Å². The second kappa shape index (κ2) is 1.65. The summed E-state index contributed by atoms with van der Waals surface area (Å²) in [6.45, 7) is 0.637. The molecule has 0 spiro atoms. The van der Waals surface area contributed by atoms with Gasteiger partial charge in [-0.25, -0.2) is 0 Å². The molecule has 0 aromatic rings. The fourth-order valence-electron chi connectivity index (χ4n) is 0.471. The maximum absolute atomic E-state index is 10.3. The van der Waals surface area contributed by atoms with Crippen LogP contribution < -0.4 is 5.43 Å². The van der Waals surface area contributed by atoms with Crippen molar-refractivity contribution in [3.63, 3.8) is 0 Å². The molecule has 1 aliphatic rings. The fraction of sp³-hybridized carbons (Fsp3) is 1.00. The quantitative estimate of drug-likeness (QED) is 0.345. The number of hydrogen-bond donors (Lipinski definition) is 2. The highest BCUT2D eigenvalue weighted by atomic mass is 31.1. The summed E-state index contributed by atoms with van der Waals surface area (Å²) in [5.41, 5.74) is 2.35. The largest absolute Gasteiger partial charge is 0.577 e. The maximum atomic E-state index is 10.3. The molecule has 0 saturated carbocycles. The number of nitrogens with zero attached hydrogens (tertiary/aromatic N) is 1. The van der Waals surface area contributed by atoms with Crippen molar-refractivity contribution in [2.24, 2.45) is 0 Å². The van der Waals surface area contributed by atoms with Crippen molar-refractivity contribution in [2.45, 2.75) is 0 Å². The normalized spacial score (nSPS) is 45.4. The lowest BCUT2D eigenvalue weighted by Gasteiger charge is -2.24. The lowest BCUT2D eigenvalue weighted by molar-refractivity contribution is -0.991. The Balaban J connectivity index is 2.40. The van der Waals surface area contributed by atoms with Gasteiger partial charge >= 0.3 is 0 Å². The highest BCUT2D eigenvalue weighted by molar-refractivity contribution is 7.31. The van der Waals surface area contributed by atoms with Crippen LogP contribution in [0.3, 0.4) is 0 Å². The summed E-state index contributed by atoms with van der Waals surface area (Å²) in [5.74, 6) is 0. The second-order valence-corrected chi connectivity index (χ2v) is 2.81. The predicted molar refractivity (Wildman–Crippen MR) is 26.6 cm³/mol. The van der Waals surface area contributed by atoms with Gasteiger partial charge in [0.1, 0.15) is 8.73 Å². The van der Waals surface area contributed by atoms with Gasteiger partial charge in [0.2, 0.25) is 0 Å². The molecule has 0 aromatic heterocycles. The minimum absolute atomic E-state index is 0.0617. The number of quaternary nitrogens is 1. The van der Waals surface area contributed by atoms with Crippen molar-refractivity contribution < 1.29 is 9.90 Å². The van der Waals surface area contributed by atoms with E-state index in [2.05, 4.69) is 5.43 Å². The molecular formula is C2H7N2O2P. The Labute approximate surface area is 43.1 Å². The summed E-state index contributed by atoms with van der Waals surface area (Å²) in [6, 6.07) is 0. The molecule has 7 heavy (non-hydrogen) atoms. The zero-order valence-electron chi connectivity index (χ0n) is 3.72. The minimum atomic E-state index is -1.22. The SMILES string of the molecule is [O-][N+]1(O)NCCP1. The molecule has 0 aliphatic carbocycles. The molecule has 0 radical (unpaired) electrons. The summed E-state index contributed by atoms with van der Waals surface area (Å²) in [6.07, 6.45) is 0.792. The third-order valence-corrected chi connectivity index (χ3v) is 1.84. The molecule has 4 nitrogen and oxygen atoms in total. The van der Waals surface area contributed by atoms with Gasteiger partial charge in [0.05, 0.1) is 6.54 Å². The fourth-order valence-corrected chi connectivity index (χ4v) is 1.22. The van der Waals surface area contributed by atoms with Crippen LogP contribution in [0, 0.1) is 5.21 Å².